The molecule has 1 aromatic carbocycles. The van der Waals surface area contributed by atoms with Crippen LogP contribution in [0.3, 0.4) is 0 Å². The molecule has 0 bridgehead atoms. The molecular weight excluding hydrogens is 377 g/mol. The Morgan fingerprint density at radius 3 is 2.35 bits per heavy atom. The molecule has 2 fully saturated rings. The first-order valence-electron chi connectivity index (χ1n) is 8.76. The van der Waals surface area contributed by atoms with Gasteiger partial charge in [0.1, 0.15) is 5.75 Å². The van der Waals surface area contributed by atoms with Crippen LogP contribution >= 0.6 is 23.2 Å². The summed E-state index contributed by atoms with van der Waals surface area (Å²) in [6.07, 6.45) is 3.40. The van der Waals surface area contributed by atoms with E-state index >= 15 is 0 Å². The lowest BCUT2D eigenvalue weighted by Gasteiger charge is -2.32. The van der Waals surface area contributed by atoms with E-state index in [1.165, 1.54) is 18.6 Å². The third kappa shape index (κ3) is 6.04. The van der Waals surface area contributed by atoms with Crippen LogP contribution < -0.4 is 5.32 Å². The molecule has 2 heterocycles. The predicted molar refractivity (Wildman–Crippen MR) is 103 cm³/mol. The topological polar surface area (TPSA) is 72.9 Å². The minimum atomic E-state index is 0.0779. The maximum Gasteiger partial charge on any atom is 0.242 e. The number of aromatic hydroxyl groups is 1. The van der Waals surface area contributed by atoms with Gasteiger partial charge in [-0.25, -0.2) is 0 Å². The first kappa shape index (κ1) is 20.8. The molecule has 0 radical (unpaired) electrons. The molecule has 2 N–H and O–H groups in total. The number of nitrogens with one attached hydrogen (secondary N) is 1. The van der Waals surface area contributed by atoms with Crippen molar-refractivity contribution in [1.29, 1.82) is 0 Å². The zero-order valence-corrected chi connectivity index (χ0v) is 16.4. The van der Waals surface area contributed by atoms with Gasteiger partial charge in [-0.3, -0.25) is 9.59 Å². The number of carbonyl (C=O) groups excluding carboxylic acids is 2. The molecule has 0 saturated carbocycles. The van der Waals surface area contributed by atoms with Crippen LogP contribution in [0.2, 0.25) is 10.0 Å². The molecule has 144 valence electrons. The van der Waals surface area contributed by atoms with Crippen molar-refractivity contribution in [2.45, 2.75) is 19.3 Å². The molecule has 2 saturated heterocycles. The molecule has 2 aliphatic heterocycles. The number of rotatable bonds is 3. The third-order valence-corrected chi connectivity index (χ3v) is 5.23. The average molecular weight is 402 g/mol. The van der Waals surface area contributed by atoms with Crippen molar-refractivity contribution >= 4 is 35.0 Å². The van der Waals surface area contributed by atoms with Crippen LogP contribution in [0.15, 0.2) is 18.2 Å². The fourth-order valence-corrected chi connectivity index (χ4v) is 3.08. The van der Waals surface area contributed by atoms with E-state index in [0.29, 0.717) is 10.0 Å². The van der Waals surface area contributed by atoms with Crippen LogP contribution in [0.5, 0.6) is 5.75 Å². The number of likely N-dealkylation sites (N-methyl/N-ethyl adjacent to an activating group) is 1. The van der Waals surface area contributed by atoms with Gasteiger partial charge in [0.2, 0.25) is 11.8 Å². The minimum Gasteiger partial charge on any atom is -0.508 e. The molecule has 0 aliphatic carbocycles. The van der Waals surface area contributed by atoms with E-state index < -0.39 is 0 Å². The van der Waals surface area contributed by atoms with Gasteiger partial charge in [0, 0.05) is 33.2 Å². The summed E-state index contributed by atoms with van der Waals surface area (Å²) in [5.74, 6) is 0.389. The lowest BCUT2D eigenvalue weighted by molar-refractivity contribution is -0.143. The quantitative estimate of drug-likeness (QED) is 0.815. The fourth-order valence-electron chi connectivity index (χ4n) is 2.78. The Labute approximate surface area is 164 Å². The number of carbonyl (C=O) groups is 2. The van der Waals surface area contributed by atoms with E-state index in [-0.39, 0.29) is 30.0 Å². The zero-order valence-electron chi connectivity index (χ0n) is 14.9. The van der Waals surface area contributed by atoms with Crippen molar-refractivity contribution in [3.05, 3.63) is 28.2 Å². The Bertz CT molecular complexity index is 632. The van der Waals surface area contributed by atoms with Gasteiger partial charge >= 0.3 is 0 Å². The molecule has 8 heteroatoms. The summed E-state index contributed by atoms with van der Waals surface area (Å²) in [5, 5.41) is 12.7. The number of likely N-dealkylation sites (tertiary alicyclic amines) is 1. The summed E-state index contributed by atoms with van der Waals surface area (Å²) in [5.41, 5.74) is 0. The predicted octanol–water partition coefficient (Wildman–Crippen LogP) is 2.38. The standard InChI is InChI=1S/C12H21N3O2.C6H4Cl2O/c1-14(12(17)10-7-13-8-10)9-11(16)15-5-3-2-4-6-15;7-5-2-1-4(9)3-6(5)8/h10,13H,2-9H2,1H3;1-3,9H. The van der Waals surface area contributed by atoms with Gasteiger partial charge < -0.3 is 20.2 Å². The van der Waals surface area contributed by atoms with Gasteiger partial charge in [-0.1, -0.05) is 23.2 Å². The first-order chi connectivity index (χ1) is 12.4. The number of halogens is 2. The number of hydrogen-bond acceptors (Lipinski definition) is 4. The molecule has 2 amide bonds. The molecule has 3 rings (SSSR count). The van der Waals surface area contributed by atoms with Gasteiger partial charge in [-0.2, -0.15) is 0 Å². The van der Waals surface area contributed by atoms with E-state index in [2.05, 4.69) is 5.32 Å². The SMILES string of the molecule is CN(CC(=O)N1CCCCC1)C(=O)C1CNC1.Oc1ccc(Cl)c(Cl)c1. The summed E-state index contributed by atoms with van der Waals surface area (Å²) < 4.78 is 0. The number of phenols is 1. The largest absolute Gasteiger partial charge is 0.508 e. The van der Waals surface area contributed by atoms with E-state index in [9.17, 15) is 9.59 Å². The number of nitrogens with zero attached hydrogens (tertiary/aromatic N) is 2. The Kier molecular flexibility index (Phi) is 8.00. The highest BCUT2D eigenvalue weighted by Crippen LogP contribution is 2.25. The summed E-state index contributed by atoms with van der Waals surface area (Å²) in [7, 11) is 1.72. The summed E-state index contributed by atoms with van der Waals surface area (Å²) in [4.78, 5) is 27.3. The van der Waals surface area contributed by atoms with E-state index in [0.717, 1.165) is 39.0 Å². The number of piperidine rings is 1. The molecule has 6 nitrogen and oxygen atoms in total. The molecule has 0 spiro atoms. The Morgan fingerprint density at radius 1 is 1.19 bits per heavy atom. The summed E-state index contributed by atoms with van der Waals surface area (Å²) in [6.45, 7) is 3.44. The highest BCUT2D eigenvalue weighted by atomic mass is 35.5. The highest BCUT2D eigenvalue weighted by molar-refractivity contribution is 6.42. The monoisotopic (exact) mass is 401 g/mol. The Hall–Kier alpha value is -1.50. The minimum absolute atomic E-state index is 0.0779. The molecule has 2 aliphatic rings. The first-order valence-corrected chi connectivity index (χ1v) is 9.51. The van der Waals surface area contributed by atoms with Crippen molar-refractivity contribution in [2.24, 2.45) is 5.92 Å². The average Bonchev–Trinajstić information content (AvgIpc) is 2.58. The normalized spacial score (nSPS) is 17.0. The van der Waals surface area contributed by atoms with Crippen LogP contribution in [-0.4, -0.2) is 66.5 Å². The maximum atomic E-state index is 12.0. The van der Waals surface area contributed by atoms with E-state index in [4.69, 9.17) is 28.3 Å². The van der Waals surface area contributed by atoms with E-state index in [1.54, 1.807) is 18.0 Å². The molecule has 26 heavy (non-hydrogen) atoms. The van der Waals surface area contributed by atoms with Crippen molar-refractivity contribution < 1.29 is 14.7 Å². The van der Waals surface area contributed by atoms with Crippen LogP contribution in [0.1, 0.15) is 19.3 Å². The van der Waals surface area contributed by atoms with E-state index in [1.807, 2.05) is 4.90 Å². The molecule has 0 atom stereocenters. The van der Waals surface area contributed by atoms with Crippen molar-refractivity contribution in [2.75, 3.05) is 39.8 Å². The second-order valence-electron chi connectivity index (χ2n) is 6.59. The summed E-state index contributed by atoms with van der Waals surface area (Å²) in [6, 6.07) is 4.41. The Balaban J connectivity index is 0.000000228. The van der Waals surface area contributed by atoms with Crippen LogP contribution in [0.25, 0.3) is 0 Å². The fraction of sp³-hybridized carbons (Fsp3) is 0.556. The van der Waals surface area contributed by atoms with Crippen molar-refractivity contribution in [1.82, 2.24) is 15.1 Å². The Morgan fingerprint density at radius 2 is 1.85 bits per heavy atom. The second-order valence-corrected chi connectivity index (χ2v) is 7.40. The number of benzene rings is 1. The lowest BCUT2D eigenvalue weighted by Crippen LogP contribution is -2.53. The number of hydrogen-bond donors (Lipinski definition) is 2. The van der Waals surface area contributed by atoms with Crippen LogP contribution in [-0.2, 0) is 9.59 Å². The van der Waals surface area contributed by atoms with Gasteiger partial charge in [0.25, 0.3) is 0 Å². The zero-order chi connectivity index (χ0) is 19.1. The highest BCUT2D eigenvalue weighted by Gasteiger charge is 2.29. The molecule has 1 aromatic rings. The van der Waals surface area contributed by atoms with Gasteiger partial charge in [-0.15, -0.1) is 0 Å². The van der Waals surface area contributed by atoms with Gasteiger partial charge in [0.15, 0.2) is 0 Å². The van der Waals surface area contributed by atoms with Crippen molar-refractivity contribution in [3.8, 4) is 5.75 Å². The smallest absolute Gasteiger partial charge is 0.242 e. The van der Waals surface area contributed by atoms with Crippen LogP contribution in [0, 0.1) is 5.92 Å². The third-order valence-electron chi connectivity index (χ3n) is 4.49. The maximum absolute atomic E-state index is 12.0. The lowest BCUT2D eigenvalue weighted by atomic mass is 10.0. The molecular formula is C18H25Cl2N3O3. The number of phenolic OH excluding ortho intramolecular Hbond substituents is 1. The molecule has 0 unspecified atom stereocenters. The number of amides is 2. The van der Waals surface area contributed by atoms with Gasteiger partial charge in [0.05, 0.1) is 22.5 Å². The summed E-state index contributed by atoms with van der Waals surface area (Å²) >= 11 is 11.1. The molecule has 0 aromatic heterocycles. The van der Waals surface area contributed by atoms with Crippen LogP contribution in [0.4, 0.5) is 0 Å². The van der Waals surface area contributed by atoms with Crippen molar-refractivity contribution in [3.63, 3.8) is 0 Å². The second kappa shape index (κ2) is 10.00. The van der Waals surface area contributed by atoms with Gasteiger partial charge in [-0.05, 0) is 37.5 Å².